The van der Waals surface area contributed by atoms with Crippen LogP contribution in [0.5, 0.6) is 0 Å². The molecule has 3 aromatic rings. The number of alkyl carbamates (subject to hydrolysis) is 1. The van der Waals surface area contributed by atoms with Gasteiger partial charge in [-0.1, -0.05) is 0 Å². The van der Waals surface area contributed by atoms with E-state index < -0.39 is 37.3 Å². The first-order valence-electron chi connectivity index (χ1n) is 11.1. The van der Waals surface area contributed by atoms with Crippen LogP contribution in [0.4, 0.5) is 34.0 Å². The van der Waals surface area contributed by atoms with Crippen molar-refractivity contribution in [2.24, 2.45) is 0 Å². The third-order valence-corrected chi connectivity index (χ3v) is 6.23. The van der Waals surface area contributed by atoms with Gasteiger partial charge in [-0.2, -0.15) is 10.2 Å². The number of hydrogen-bond donors (Lipinski definition) is 3. The van der Waals surface area contributed by atoms with Gasteiger partial charge in [0.05, 0.1) is 5.69 Å². The van der Waals surface area contributed by atoms with E-state index in [-0.39, 0.29) is 11.2 Å². The summed E-state index contributed by atoms with van der Waals surface area (Å²) in [6, 6.07) is 3.04. The van der Waals surface area contributed by atoms with Gasteiger partial charge < -0.3 is 15.4 Å². The van der Waals surface area contributed by atoms with E-state index >= 15 is 4.39 Å². The van der Waals surface area contributed by atoms with Gasteiger partial charge >= 0.3 is 12.5 Å². The smallest absolute Gasteiger partial charge is 0.443 e. The molecule has 0 radical (unpaired) electrons. The van der Waals surface area contributed by atoms with Crippen LogP contribution in [0.2, 0.25) is 0 Å². The Kier molecular flexibility index (Phi) is 5.77. The Balaban J connectivity index is 1.24. The lowest BCUT2D eigenvalue weighted by atomic mass is 10.0. The number of alkyl halides is 4. The summed E-state index contributed by atoms with van der Waals surface area (Å²) in [5.41, 5.74) is 0.757. The van der Waals surface area contributed by atoms with E-state index in [1.165, 1.54) is 23.0 Å². The Morgan fingerprint density at radius 1 is 1.31 bits per heavy atom. The normalized spacial score (nSPS) is 23.4. The molecule has 2 aliphatic rings. The number of H-pyrrole nitrogens is 1. The molecule has 0 unspecified atom stereocenters. The molecule has 0 aliphatic heterocycles. The highest BCUT2D eigenvalue weighted by Crippen LogP contribution is 2.39. The maximum absolute atomic E-state index is 15.1. The van der Waals surface area contributed by atoms with Gasteiger partial charge in [-0.25, -0.2) is 18.7 Å². The van der Waals surface area contributed by atoms with Crippen LogP contribution >= 0.6 is 0 Å². The van der Waals surface area contributed by atoms with Crippen molar-refractivity contribution >= 4 is 23.2 Å². The lowest BCUT2D eigenvalue weighted by Gasteiger charge is -2.19. The summed E-state index contributed by atoms with van der Waals surface area (Å²) >= 11 is 0. The number of fused-ring (bicyclic) bond motifs is 1. The lowest BCUT2D eigenvalue weighted by molar-refractivity contribution is -0.330. The second kappa shape index (κ2) is 8.66. The highest BCUT2D eigenvalue weighted by molar-refractivity contribution is 5.72. The number of rotatable bonds is 7. The fraction of sp³-hybridized carbons (Fsp3) is 0.524. The average Bonchev–Trinajstić information content (AvgIpc) is 3.14. The maximum atomic E-state index is 15.1. The lowest BCUT2D eigenvalue weighted by Crippen LogP contribution is -2.38. The van der Waals surface area contributed by atoms with E-state index in [0.717, 1.165) is 12.8 Å². The molecule has 3 aromatic heterocycles. The molecule has 3 heterocycles. The minimum atomic E-state index is -4.77. The summed E-state index contributed by atoms with van der Waals surface area (Å²) in [4.78, 5) is 16.2. The highest BCUT2D eigenvalue weighted by atomic mass is 19.4. The summed E-state index contributed by atoms with van der Waals surface area (Å²) in [5.74, 6) is 0.106. The largest absolute Gasteiger partial charge is 0.522 e. The number of carbonyl (C=O) groups is 1. The quantitative estimate of drug-likeness (QED) is 0.421. The number of nitrogens with one attached hydrogen (secondary N) is 3. The molecule has 0 spiro atoms. The van der Waals surface area contributed by atoms with Gasteiger partial charge in [-0.15, -0.1) is 13.2 Å². The fourth-order valence-corrected chi connectivity index (χ4v) is 4.11. The Morgan fingerprint density at radius 3 is 2.86 bits per heavy atom. The van der Waals surface area contributed by atoms with Gasteiger partial charge in [-0.05, 0) is 38.7 Å². The summed E-state index contributed by atoms with van der Waals surface area (Å²) in [6.07, 6.45) is -2.09. The van der Waals surface area contributed by atoms with Crippen LogP contribution in [-0.2, 0) is 16.1 Å². The van der Waals surface area contributed by atoms with E-state index in [0.29, 0.717) is 35.7 Å². The predicted molar refractivity (Wildman–Crippen MR) is 114 cm³/mol. The molecule has 35 heavy (non-hydrogen) atoms. The highest BCUT2D eigenvalue weighted by Gasteiger charge is 2.43. The van der Waals surface area contributed by atoms with Crippen LogP contribution < -0.4 is 10.6 Å². The first kappa shape index (κ1) is 23.3. The topological polar surface area (TPSA) is 118 Å². The second-order valence-corrected chi connectivity index (χ2v) is 9.07. The Hall–Kier alpha value is -3.42. The van der Waals surface area contributed by atoms with Crippen LogP contribution in [0, 0.1) is 0 Å². The fourth-order valence-electron chi connectivity index (χ4n) is 4.11. The molecule has 2 fully saturated rings. The van der Waals surface area contributed by atoms with Crippen molar-refractivity contribution in [2.75, 3.05) is 5.32 Å². The van der Waals surface area contributed by atoms with Crippen LogP contribution in [0.1, 0.15) is 49.9 Å². The number of halogens is 4. The number of ether oxygens (including phenoxy) is 2. The summed E-state index contributed by atoms with van der Waals surface area (Å²) in [6.45, 7) is 1.17. The Labute approximate surface area is 196 Å². The average molecular weight is 497 g/mol. The maximum Gasteiger partial charge on any atom is 0.522 e. The third-order valence-electron chi connectivity index (χ3n) is 6.23. The number of aromatic amines is 1. The molecule has 2 saturated carbocycles. The van der Waals surface area contributed by atoms with Crippen LogP contribution in [-0.4, -0.2) is 55.1 Å². The molecule has 2 aliphatic carbocycles. The number of amides is 1. The molecule has 10 nitrogen and oxygen atoms in total. The van der Waals surface area contributed by atoms with Crippen molar-refractivity contribution in [2.45, 2.75) is 69.3 Å². The first-order valence-corrected chi connectivity index (χ1v) is 11.1. The van der Waals surface area contributed by atoms with E-state index in [2.05, 4.69) is 35.7 Å². The van der Waals surface area contributed by atoms with E-state index in [1.807, 2.05) is 6.92 Å². The third kappa shape index (κ3) is 5.31. The number of anilines is 2. The number of carbonyl (C=O) groups excluding carboxylic acids is 1. The van der Waals surface area contributed by atoms with Crippen LogP contribution in [0.25, 0.3) is 5.52 Å². The molecule has 3 N–H and O–H groups in total. The monoisotopic (exact) mass is 497 g/mol. The predicted octanol–water partition coefficient (Wildman–Crippen LogP) is 4.10. The zero-order chi connectivity index (χ0) is 24.8. The molecular formula is C21H23F4N7O3. The number of hydrogen-bond acceptors (Lipinski definition) is 7. The Bertz CT molecular complexity index is 1220. The van der Waals surface area contributed by atoms with Crippen molar-refractivity contribution in [1.82, 2.24) is 30.1 Å². The van der Waals surface area contributed by atoms with Gasteiger partial charge in [-0.3, -0.25) is 9.84 Å². The minimum Gasteiger partial charge on any atom is -0.443 e. The molecule has 188 valence electrons. The van der Waals surface area contributed by atoms with Crippen LogP contribution in [0.3, 0.4) is 0 Å². The molecule has 1 amide bonds. The minimum absolute atomic E-state index is 0.0677. The van der Waals surface area contributed by atoms with Gasteiger partial charge in [0.15, 0.2) is 11.6 Å². The van der Waals surface area contributed by atoms with Gasteiger partial charge in [0.1, 0.15) is 24.4 Å². The molecule has 5 rings (SSSR count). The molecule has 0 saturated heterocycles. The zero-order valence-corrected chi connectivity index (χ0v) is 18.6. The zero-order valence-electron chi connectivity index (χ0n) is 18.6. The Morgan fingerprint density at radius 2 is 2.11 bits per heavy atom. The molecule has 0 bridgehead atoms. The molecule has 14 heteroatoms. The molecule has 0 aromatic carbocycles. The molecule has 3 atom stereocenters. The number of aromatic nitrogens is 5. The summed E-state index contributed by atoms with van der Waals surface area (Å²) < 4.78 is 62.5. The van der Waals surface area contributed by atoms with Crippen LogP contribution in [0.15, 0.2) is 24.5 Å². The van der Waals surface area contributed by atoms with Gasteiger partial charge in [0.2, 0.25) is 0 Å². The van der Waals surface area contributed by atoms with E-state index in [1.54, 1.807) is 6.07 Å². The van der Waals surface area contributed by atoms with Crippen molar-refractivity contribution in [3.63, 3.8) is 0 Å². The first-order chi connectivity index (χ1) is 16.6. The summed E-state index contributed by atoms with van der Waals surface area (Å²) in [7, 11) is 0. The second-order valence-electron chi connectivity index (χ2n) is 9.07. The van der Waals surface area contributed by atoms with Crippen molar-refractivity contribution in [3.8, 4) is 0 Å². The van der Waals surface area contributed by atoms with Crippen molar-refractivity contribution < 1.29 is 31.8 Å². The van der Waals surface area contributed by atoms with Gasteiger partial charge in [0.25, 0.3) is 0 Å². The SMILES string of the molecule is CC1(NC(=O)O[C@@H]2CC[C@H](c3cc(Nc4nccn5nc(COC(F)(F)F)cc45)n[nH]3)[C@@H]2F)CC1. The standard InChI is InChI=1S/C21H23F4N7O3/c1-20(4-5-20)28-19(33)35-15-3-2-12(17(15)22)13-9-16(30-29-13)27-18-14-8-11(10-34-21(23,24)25)31-32(14)7-6-26-18/h6-9,12,15,17H,2-5,10H2,1H3,(H,28,33)(H2,26,27,29,30)/t12-,15-,17+/m1/s1. The number of nitrogens with zero attached hydrogens (tertiary/aromatic N) is 4. The van der Waals surface area contributed by atoms with E-state index in [9.17, 15) is 18.0 Å². The van der Waals surface area contributed by atoms with Gasteiger partial charge in [0, 0.05) is 35.6 Å². The molecular weight excluding hydrogens is 474 g/mol. The van der Waals surface area contributed by atoms with Crippen molar-refractivity contribution in [3.05, 3.63) is 35.9 Å². The van der Waals surface area contributed by atoms with Crippen molar-refractivity contribution in [1.29, 1.82) is 0 Å². The van der Waals surface area contributed by atoms with E-state index in [4.69, 9.17) is 4.74 Å². The summed E-state index contributed by atoms with van der Waals surface area (Å²) in [5, 5.41) is 16.7.